The van der Waals surface area contributed by atoms with Gasteiger partial charge in [0.15, 0.2) is 0 Å². The molecular formula is C12H13F3N4. The van der Waals surface area contributed by atoms with Crippen LogP contribution in [-0.2, 0) is 0 Å². The Hall–Kier alpha value is -1.89. The second-order valence-corrected chi connectivity index (χ2v) is 4.05. The number of alkyl halides is 3. The van der Waals surface area contributed by atoms with Gasteiger partial charge < -0.3 is 10.6 Å². The molecule has 0 radical (unpaired) electrons. The van der Waals surface area contributed by atoms with Crippen molar-refractivity contribution >= 4 is 16.9 Å². The molecular weight excluding hydrogens is 257 g/mol. The molecule has 0 atom stereocenters. The summed E-state index contributed by atoms with van der Waals surface area (Å²) in [5.74, 6) is 0.0430. The zero-order valence-electron chi connectivity index (χ0n) is 10.1. The topological polar surface area (TPSA) is 55.0 Å². The van der Waals surface area contributed by atoms with E-state index in [2.05, 4.69) is 9.97 Å². The van der Waals surface area contributed by atoms with E-state index in [0.717, 1.165) is 10.3 Å². The van der Waals surface area contributed by atoms with E-state index >= 15 is 0 Å². The first-order chi connectivity index (χ1) is 8.99. The minimum atomic E-state index is -4.32. The average Bonchev–Trinajstić information content (AvgIpc) is 2.36. The van der Waals surface area contributed by atoms with E-state index in [1.807, 2.05) is 6.07 Å². The van der Waals surface area contributed by atoms with Gasteiger partial charge in [-0.3, -0.25) is 0 Å². The molecule has 2 rings (SSSR count). The number of hydrogen-bond acceptors (Lipinski definition) is 4. The third-order valence-corrected chi connectivity index (χ3v) is 2.53. The van der Waals surface area contributed by atoms with Crippen LogP contribution in [0.3, 0.4) is 0 Å². The fourth-order valence-corrected chi connectivity index (χ4v) is 1.74. The molecule has 0 fully saturated rings. The van der Waals surface area contributed by atoms with Crippen molar-refractivity contribution < 1.29 is 13.2 Å². The van der Waals surface area contributed by atoms with Crippen LogP contribution in [0.4, 0.5) is 19.1 Å². The quantitative estimate of drug-likeness (QED) is 0.922. The Bertz CT molecular complexity index is 556. The molecule has 0 saturated carbocycles. The van der Waals surface area contributed by atoms with Gasteiger partial charge in [0.1, 0.15) is 6.54 Å². The van der Waals surface area contributed by atoms with Gasteiger partial charge in [-0.05, 0) is 6.07 Å². The predicted molar refractivity (Wildman–Crippen MR) is 66.9 cm³/mol. The van der Waals surface area contributed by atoms with Crippen LogP contribution in [0.5, 0.6) is 0 Å². The molecule has 0 saturated heterocycles. The first-order valence-electron chi connectivity index (χ1n) is 5.73. The van der Waals surface area contributed by atoms with Gasteiger partial charge in [-0.2, -0.15) is 13.2 Å². The van der Waals surface area contributed by atoms with Gasteiger partial charge in [-0.25, -0.2) is 9.97 Å². The van der Waals surface area contributed by atoms with Crippen LogP contribution in [-0.4, -0.2) is 35.8 Å². The van der Waals surface area contributed by atoms with E-state index in [4.69, 9.17) is 5.73 Å². The van der Waals surface area contributed by atoms with Gasteiger partial charge in [0.05, 0.1) is 5.52 Å². The molecule has 4 nitrogen and oxygen atoms in total. The zero-order chi connectivity index (χ0) is 13.9. The highest BCUT2D eigenvalue weighted by atomic mass is 19.4. The van der Waals surface area contributed by atoms with Crippen LogP contribution in [0.1, 0.15) is 0 Å². The van der Waals surface area contributed by atoms with Gasteiger partial charge in [-0.15, -0.1) is 0 Å². The SMILES string of the molecule is NCCN(CC(F)(F)F)c1ncc2ccccc2n1. The summed E-state index contributed by atoms with van der Waals surface area (Å²) in [5, 5.41) is 0.783. The molecule has 0 bridgehead atoms. The lowest BCUT2D eigenvalue weighted by atomic mass is 10.2. The maximum Gasteiger partial charge on any atom is 0.406 e. The Morgan fingerprint density at radius 3 is 2.63 bits per heavy atom. The predicted octanol–water partition coefficient (Wildman–Crippen LogP) is 1.96. The number of fused-ring (bicyclic) bond motifs is 1. The molecule has 2 N–H and O–H groups in total. The summed E-state index contributed by atoms with van der Waals surface area (Å²) in [6.45, 7) is -0.952. The summed E-state index contributed by atoms with van der Waals surface area (Å²) >= 11 is 0. The van der Waals surface area contributed by atoms with Crippen LogP contribution in [0.25, 0.3) is 10.9 Å². The molecule has 7 heteroatoms. The van der Waals surface area contributed by atoms with Gasteiger partial charge >= 0.3 is 6.18 Å². The lowest BCUT2D eigenvalue weighted by Gasteiger charge is -2.23. The van der Waals surface area contributed by atoms with Gasteiger partial charge in [0, 0.05) is 24.7 Å². The molecule has 0 aliphatic heterocycles. The summed E-state index contributed by atoms with van der Waals surface area (Å²) in [6, 6.07) is 7.12. The van der Waals surface area contributed by atoms with E-state index < -0.39 is 12.7 Å². The third-order valence-electron chi connectivity index (χ3n) is 2.53. The molecule has 1 aromatic heterocycles. The van der Waals surface area contributed by atoms with Crippen LogP contribution >= 0.6 is 0 Å². The van der Waals surface area contributed by atoms with Crippen molar-refractivity contribution in [3.8, 4) is 0 Å². The number of aromatic nitrogens is 2. The van der Waals surface area contributed by atoms with Crippen molar-refractivity contribution in [2.75, 3.05) is 24.5 Å². The molecule has 0 spiro atoms. The number of nitrogens with two attached hydrogens (primary N) is 1. The monoisotopic (exact) mass is 270 g/mol. The molecule has 0 unspecified atom stereocenters. The molecule has 19 heavy (non-hydrogen) atoms. The van der Waals surface area contributed by atoms with E-state index in [1.165, 1.54) is 6.20 Å². The summed E-state index contributed by atoms with van der Waals surface area (Å²) in [7, 11) is 0. The molecule has 1 aromatic carbocycles. The molecule has 0 aliphatic carbocycles. The van der Waals surface area contributed by atoms with Crippen LogP contribution in [0.15, 0.2) is 30.5 Å². The van der Waals surface area contributed by atoms with E-state index in [9.17, 15) is 13.2 Å². The minimum absolute atomic E-state index is 0.0430. The fourth-order valence-electron chi connectivity index (χ4n) is 1.74. The Morgan fingerprint density at radius 2 is 1.95 bits per heavy atom. The second kappa shape index (κ2) is 5.40. The number of benzene rings is 1. The zero-order valence-corrected chi connectivity index (χ0v) is 10.1. The number of nitrogens with zero attached hydrogens (tertiary/aromatic N) is 3. The fraction of sp³-hybridized carbons (Fsp3) is 0.333. The Balaban J connectivity index is 2.33. The largest absolute Gasteiger partial charge is 0.406 e. The standard InChI is InChI=1S/C12H13F3N4/c13-12(14,15)8-19(6-5-16)11-17-7-9-3-1-2-4-10(9)18-11/h1-4,7H,5-6,8,16H2. The summed E-state index contributed by atoms with van der Waals surface area (Å²) in [4.78, 5) is 9.14. The van der Waals surface area contributed by atoms with Crippen molar-refractivity contribution in [2.24, 2.45) is 5.73 Å². The first-order valence-corrected chi connectivity index (χ1v) is 5.73. The average molecular weight is 270 g/mol. The highest BCUT2D eigenvalue weighted by Gasteiger charge is 2.31. The second-order valence-electron chi connectivity index (χ2n) is 4.05. The minimum Gasteiger partial charge on any atom is -0.330 e. The molecule has 0 aliphatic rings. The van der Waals surface area contributed by atoms with Crippen LogP contribution < -0.4 is 10.6 Å². The first kappa shape index (κ1) is 13.5. The van der Waals surface area contributed by atoms with Crippen LogP contribution in [0, 0.1) is 0 Å². The highest BCUT2D eigenvalue weighted by Crippen LogP contribution is 2.20. The number of anilines is 1. The number of hydrogen-bond donors (Lipinski definition) is 1. The van der Waals surface area contributed by atoms with E-state index in [1.54, 1.807) is 18.2 Å². The van der Waals surface area contributed by atoms with Crippen molar-refractivity contribution in [3.05, 3.63) is 30.5 Å². The summed E-state index contributed by atoms with van der Waals surface area (Å²) in [6.07, 6.45) is -2.80. The lowest BCUT2D eigenvalue weighted by Crippen LogP contribution is -2.38. The van der Waals surface area contributed by atoms with Gasteiger partial charge in [0.2, 0.25) is 5.95 Å². The van der Waals surface area contributed by atoms with Gasteiger partial charge in [-0.1, -0.05) is 18.2 Å². The maximum absolute atomic E-state index is 12.5. The normalized spacial score (nSPS) is 11.8. The lowest BCUT2D eigenvalue weighted by molar-refractivity contribution is -0.119. The van der Waals surface area contributed by atoms with E-state index in [0.29, 0.717) is 5.52 Å². The Morgan fingerprint density at radius 1 is 1.21 bits per heavy atom. The molecule has 1 heterocycles. The molecule has 102 valence electrons. The number of halogens is 3. The Kier molecular flexibility index (Phi) is 3.84. The van der Waals surface area contributed by atoms with Crippen molar-refractivity contribution in [1.82, 2.24) is 9.97 Å². The third kappa shape index (κ3) is 3.54. The summed E-state index contributed by atoms with van der Waals surface area (Å²) in [5.41, 5.74) is 5.94. The molecule has 0 amide bonds. The van der Waals surface area contributed by atoms with Crippen molar-refractivity contribution in [1.29, 1.82) is 0 Å². The van der Waals surface area contributed by atoms with Crippen molar-refractivity contribution in [3.63, 3.8) is 0 Å². The highest BCUT2D eigenvalue weighted by molar-refractivity contribution is 5.78. The maximum atomic E-state index is 12.5. The Labute approximate surface area is 108 Å². The number of para-hydroxylation sites is 1. The van der Waals surface area contributed by atoms with Gasteiger partial charge in [0.25, 0.3) is 0 Å². The summed E-state index contributed by atoms with van der Waals surface area (Å²) < 4.78 is 37.5. The van der Waals surface area contributed by atoms with Crippen LogP contribution in [0.2, 0.25) is 0 Å². The van der Waals surface area contributed by atoms with E-state index in [-0.39, 0.29) is 19.0 Å². The van der Waals surface area contributed by atoms with Crippen molar-refractivity contribution in [2.45, 2.75) is 6.18 Å². The number of rotatable bonds is 4. The smallest absolute Gasteiger partial charge is 0.330 e. The molecule has 2 aromatic rings.